The maximum atomic E-state index is 12.5. The molecule has 1 unspecified atom stereocenters. The second-order valence-corrected chi connectivity index (χ2v) is 6.33. The normalized spacial score (nSPS) is 11.8. The predicted molar refractivity (Wildman–Crippen MR) is 99.2 cm³/mol. The number of anilines is 1. The summed E-state index contributed by atoms with van der Waals surface area (Å²) < 4.78 is 2.03. The molecule has 7 heteroatoms. The number of pyridine rings is 1. The lowest BCUT2D eigenvalue weighted by Crippen LogP contribution is -2.33. The van der Waals surface area contributed by atoms with Crippen molar-refractivity contribution in [3.05, 3.63) is 75.8 Å². The third kappa shape index (κ3) is 4.00. The SMILES string of the molecule is CC(C(=O)Nc1cccc(Br)c1)n1nc(-c2cccnc2)ccc1=O. The summed E-state index contributed by atoms with van der Waals surface area (Å²) in [6.07, 6.45) is 3.32. The quantitative estimate of drug-likeness (QED) is 0.731. The molecule has 0 fully saturated rings. The highest BCUT2D eigenvalue weighted by molar-refractivity contribution is 9.10. The number of carbonyl (C=O) groups excluding carboxylic acids is 1. The van der Waals surface area contributed by atoms with E-state index in [-0.39, 0.29) is 11.5 Å². The van der Waals surface area contributed by atoms with Gasteiger partial charge in [0.1, 0.15) is 6.04 Å². The number of carbonyl (C=O) groups is 1. The second kappa shape index (κ2) is 7.40. The maximum absolute atomic E-state index is 12.5. The Morgan fingerprint density at radius 3 is 2.76 bits per heavy atom. The van der Waals surface area contributed by atoms with Gasteiger partial charge >= 0.3 is 0 Å². The van der Waals surface area contributed by atoms with Gasteiger partial charge in [0, 0.05) is 34.2 Å². The maximum Gasteiger partial charge on any atom is 0.267 e. The van der Waals surface area contributed by atoms with Crippen molar-refractivity contribution >= 4 is 27.5 Å². The van der Waals surface area contributed by atoms with Gasteiger partial charge in [-0.2, -0.15) is 5.10 Å². The number of aromatic nitrogens is 3. The van der Waals surface area contributed by atoms with Gasteiger partial charge in [0.25, 0.3) is 5.56 Å². The zero-order valence-electron chi connectivity index (χ0n) is 13.4. The third-order valence-electron chi connectivity index (χ3n) is 3.62. The average molecular weight is 399 g/mol. The van der Waals surface area contributed by atoms with Crippen molar-refractivity contribution in [2.24, 2.45) is 0 Å². The van der Waals surface area contributed by atoms with E-state index in [9.17, 15) is 9.59 Å². The van der Waals surface area contributed by atoms with Crippen LogP contribution in [0, 0.1) is 0 Å². The molecule has 0 saturated heterocycles. The summed E-state index contributed by atoms with van der Waals surface area (Å²) in [5.74, 6) is -0.323. The number of hydrogen-bond acceptors (Lipinski definition) is 4. The van der Waals surface area contributed by atoms with Crippen LogP contribution in [0.2, 0.25) is 0 Å². The fraction of sp³-hybridized carbons (Fsp3) is 0.111. The molecule has 1 atom stereocenters. The fourth-order valence-electron chi connectivity index (χ4n) is 2.29. The Hall–Kier alpha value is -2.80. The van der Waals surface area contributed by atoms with Crippen LogP contribution in [0.3, 0.4) is 0 Å². The molecule has 2 aromatic heterocycles. The van der Waals surface area contributed by atoms with E-state index in [1.165, 1.54) is 10.7 Å². The molecule has 1 N–H and O–H groups in total. The van der Waals surface area contributed by atoms with E-state index in [2.05, 4.69) is 31.3 Å². The fourth-order valence-corrected chi connectivity index (χ4v) is 2.69. The molecule has 0 radical (unpaired) electrons. The number of nitrogens with one attached hydrogen (secondary N) is 1. The summed E-state index contributed by atoms with van der Waals surface area (Å²) in [6.45, 7) is 1.63. The minimum Gasteiger partial charge on any atom is -0.324 e. The summed E-state index contributed by atoms with van der Waals surface area (Å²) >= 11 is 3.36. The summed E-state index contributed by atoms with van der Waals surface area (Å²) in [6, 6.07) is 13.1. The Morgan fingerprint density at radius 1 is 1.20 bits per heavy atom. The molecule has 0 aliphatic heterocycles. The highest BCUT2D eigenvalue weighted by atomic mass is 79.9. The lowest BCUT2D eigenvalue weighted by atomic mass is 10.2. The van der Waals surface area contributed by atoms with Gasteiger partial charge in [0.2, 0.25) is 5.91 Å². The van der Waals surface area contributed by atoms with Crippen molar-refractivity contribution in [3.8, 4) is 11.3 Å². The molecule has 3 rings (SSSR count). The van der Waals surface area contributed by atoms with E-state index in [0.717, 1.165) is 10.0 Å². The van der Waals surface area contributed by atoms with Gasteiger partial charge in [0.15, 0.2) is 0 Å². The smallest absolute Gasteiger partial charge is 0.267 e. The molecule has 0 bridgehead atoms. The highest BCUT2D eigenvalue weighted by Gasteiger charge is 2.18. The largest absolute Gasteiger partial charge is 0.324 e. The van der Waals surface area contributed by atoms with Gasteiger partial charge in [-0.15, -0.1) is 0 Å². The van der Waals surface area contributed by atoms with Crippen LogP contribution in [0.4, 0.5) is 5.69 Å². The second-order valence-electron chi connectivity index (χ2n) is 5.42. The summed E-state index contributed by atoms with van der Waals surface area (Å²) in [4.78, 5) is 28.7. The Bertz CT molecular complexity index is 957. The molecule has 6 nitrogen and oxygen atoms in total. The summed E-state index contributed by atoms with van der Waals surface area (Å²) in [5.41, 5.74) is 1.65. The Balaban J connectivity index is 1.87. The topological polar surface area (TPSA) is 76.9 Å². The van der Waals surface area contributed by atoms with E-state index >= 15 is 0 Å². The summed E-state index contributed by atoms with van der Waals surface area (Å²) in [7, 11) is 0. The number of amides is 1. The number of nitrogens with zero attached hydrogens (tertiary/aromatic N) is 3. The zero-order chi connectivity index (χ0) is 17.8. The molecular formula is C18H15BrN4O2. The molecule has 0 saturated carbocycles. The molecule has 0 spiro atoms. The van der Waals surface area contributed by atoms with Crippen LogP contribution in [0.25, 0.3) is 11.3 Å². The Labute approximate surface area is 152 Å². The van der Waals surface area contributed by atoms with Crippen LogP contribution < -0.4 is 10.9 Å². The van der Waals surface area contributed by atoms with Crippen molar-refractivity contribution in [2.45, 2.75) is 13.0 Å². The zero-order valence-corrected chi connectivity index (χ0v) is 15.0. The average Bonchev–Trinajstić information content (AvgIpc) is 2.62. The van der Waals surface area contributed by atoms with Crippen LogP contribution >= 0.6 is 15.9 Å². The van der Waals surface area contributed by atoms with Crippen molar-refractivity contribution < 1.29 is 4.79 Å². The molecule has 1 aromatic carbocycles. The number of halogens is 1. The highest BCUT2D eigenvalue weighted by Crippen LogP contribution is 2.18. The van der Waals surface area contributed by atoms with Gasteiger partial charge in [-0.1, -0.05) is 22.0 Å². The molecular weight excluding hydrogens is 384 g/mol. The van der Waals surface area contributed by atoms with E-state index in [1.54, 1.807) is 43.6 Å². The van der Waals surface area contributed by atoms with Crippen LogP contribution in [0.5, 0.6) is 0 Å². The van der Waals surface area contributed by atoms with E-state index in [4.69, 9.17) is 0 Å². The molecule has 126 valence electrons. The number of hydrogen-bond donors (Lipinski definition) is 1. The molecule has 0 aliphatic rings. The van der Waals surface area contributed by atoms with Crippen LogP contribution in [0.1, 0.15) is 13.0 Å². The van der Waals surface area contributed by atoms with Gasteiger partial charge in [0.05, 0.1) is 5.69 Å². The number of rotatable bonds is 4. The number of benzene rings is 1. The van der Waals surface area contributed by atoms with E-state index in [1.807, 2.05) is 18.2 Å². The van der Waals surface area contributed by atoms with Crippen LogP contribution in [-0.2, 0) is 4.79 Å². The molecule has 25 heavy (non-hydrogen) atoms. The monoisotopic (exact) mass is 398 g/mol. The predicted octanol–water partition coefficient (Wildman–Crippen LogP) is 3.27. The van der Waals surface area contributed by atoms with Gasteiger partial charge < -0.3 is 5.32 Å². The van der Waals surface area contributed by atoms with Gasteiger partial charge in [-0.3, -0.25) is 14.6 Å². The molecule has 0 aliphatic carbocycles. The molecule has 2 heterocycles. The van der Waals surface area contributed by atoms with Crippen molar-refractivity contribution in [2.75, 3.05) is 5.32 Å². The Morgan fingerprint density at radius 2 is 2.04 bits per heavy atom. The third-order valence-corrected chi connectivity index (χ3v) is 4.11. The standard InChI is InChI=1S/C18H15BrN4O2/c1-12(18(25)21-15-6-2-5-14(19)10-15)23-17(24)8-7-16(22-23)13-4-3-9-20-11-13/h2-12H,1H3,(H,21,25). The first-order valence-corrected chi connectivity index (χ1v) is 8.40. The van der Waals surface area contributed by atoms with E-state index in [0.29, 0.717) is 11.4 Å². The summed E-state index contributed by atoms with van der Waals surface area (Å²) in [5, 5.41) is 7.10. The molecule has 3 aromatic rings. The van der Waals surface area contributed by atoms with E-state index < -0.39 is 6.04 Å². The molecule has 1 amide bonds. The van der Waals surface area contributed by atoms with Crippen LogP contribution in [0.15, 0.2) is 70.2 Å². The van der Waals surface area contributed by atoms with Crippen molar-refractivity contribution in [1.82, 2.24) is 14.8 Å². The lowest BCUT2D eigenvalue weighted by molar-refractivity contribution is -0.119. The minimum absolute atomic E-state index is 0.323. The lowest BCUT2D eigenvalue weighted by Gasteiger charge is -2.15. The first kappa shape index (κ1) is 17.0. The first-order chi connectivity index (χ1) is 12.0. The van der Waals surface area contributed by atoms with Crippen molar-refractivity contribution in [3.63, 3.8) is 0 Å². The first-order valence-electron chi connectivity index (χ1n) is 7.61. The van der Waals surface area contributed by atoms with Crippen LogP contribution in [-0.4, -0.2) is 20.7 Å². The minimum atomic E-state index is -0.761. The van der Waals surface area contributed by atoms with Crippen molar-refractivity contribution in [1.29, 1.82) is 0 Å². The Kier molecular flexibility index (Phi) is 5.04. The van der Waals surface area contributed by atoms with Gasteiger partial charge in [-0.25, -0.2) is 4.68 Å². The van der Waals surface area contributed by atoms with Gasteiger partial charge in [-0.05, 0) is 43.3 Å².